The molecule has 0 fully saturated rings. The number of nitrogens with one attached hydrogen (secondary N) is 3. The first-order chi connectivity index (χ1) is 9.74. The highest BCUT2D eigenvalue weighted by Crippen LogP contribution is 2.23. The van der Waals surface area contributed by atoms with Crippen molar-refractivity contribution < 1.29 is 4.79 Å². The van der Waals surface area contributed by atoms with E-state index in [4.69, 9.17) is 12.2 Å². The topological polar surface area (TPSA) is 73.6 Å². The van der Waals surface area contributed by atoms with Gasteiger partial charge in [0.25, 0.3) is 5.91 Å². The second-order valence-corrected chi connectivity index (χ2v) is 5.26. The second kappa shape index (κ2) is 5.40. The van der Waals surface area contributed by atoms with Crippen LogP contribution >= 0.6 is 23.6 Å². The molecule has 3 rings (SSSR count). The minimum absolute atomic E-state index is 0.265. The van der Waals surface area contributed by atoms with E-state index in [0.717, 1.165) is 11.4 Å². The zero-order chi connectivity index (χ0) is 13.9. The van der Waals surface area contributed by atoms with E-state index in [1.807, 2.05) is 23.7 Å². The SMILES string of the molecule is O=C(Nc1nc(-c2ccc[nH]2)cs1)c1ccc[nH]c1=S. The fourth-order valence-corrected chi connectivity index (χ4v) is 2.64. The highest BCUT2D eigenvalue weighted by molar-refractivity contribution is 7.71. The van der Waals surface area contributed by atoms with Gasteiger partial charge in [-0.1, -0.05) is 12.2 Å². The Bertz CT molecular complexity index is 789. The van der Waals surface area contributed by atoms with E-state index >= 15 is 0 Å². The standard InChI is InChI=1S/C13H10N4OS2/c18-11(8-3-1-6-15-12(8)19)17-13-16-10(7-20-13)9-4-2-5-14-9/h1-7,14H,(H,15,19)(H,16,17,18). The van der Waals surface area contributed by atoms with E-state index in [-0.39, 0.29) is 5.91 Å². The van der Waals surface area contributed by atoms with Gasteiger partial charge in [0.2, 0.25) is 0 Å². The molecule has 0 radical (unpaired) electrons. The summed E-state index contributed by atoms with van der Waals surface area (Å²) in [6.07, 6.45) is 3.52. The molecule has 1 amide bonds. The van der Waals surface area contributed by atoms with Gasteiger partial charge in [-0.05, 0) is 24.3 Å². The van der Waals surface area contributed by atoms with Crippen LogP contribution < -0.4 is 5.32 Å². The quantitative estimate of drug-likeness (QED) is 0.649. The molecule has 5 nitrogen and oxygen atoms in total. The summed E-state index contributed by atoms with van der Waals surface area (Å²) >= 11 is 6.45. The average Bonchev–Trinajstić information content (AvgIpc) is 3.09. The largest absolute Gasteiger partial charge is 0.360 e. The zero-order valence-corrected chi connectivity index (χ0v) is 11.8. The Kier molecular flexibility index (Phi) is 3.44. The van der Waals surface area contributed by atoms with Crippen LogP contribution in [0.25, 0.3) is 11.4 Å². The average molecular weight is 302 g/mol. The Morgan fingerprint density at radius 2 is 2.05 bits per heavy atom. The molecule has 0 atom stereocenters. The highest BCUT2D eigenvalue weighted by atomic mass is 32.1. The molecular weight excluding hydrogens is 292 g/mol. The molecule has 100 valence electrons. The molecule has 3 N–H and O–H groups in total. The molecule has 20 heavy (non-hydrogen) atoms. The summed E-state index contributed by atoms with van der Waals surface area (Å²) in [5.41, 5.74) is 2.14. The number of H-pyrrole nitrogens is 2. The van der Waals surface area contributed by atoms with E-state index in [2.05, 4.69) is 20.3 Å². The normalized spacial score (nSPS) is 10.4. The number of thiazole rings is 1. The number of rotatable bonds is 3. The van der Waals surface area contributed by atoms with Crippen molar-refractivity contribution in [3.63, 3.8) is 0 Å². The molecule has 0 aliphatic carbocycles. The lowest BCUT2D eigenvalue weighted by atomic mass is 10.3. The minimum Gasteiger partial charge on any atom is -0.360 e. The van der Waals surface area contributed by atoms with Crippen LogP contribution in [-0.4, -0.2) is 20.9 Å². The van der Waals surface area contributed by atoms with Gasteiger partial charge in [-0.3, -0.25) is 10.1 Å². The van der Waals surface area contributed by atoms with E-state index in [1.54, 1.807) is 18.3 Å². The van der Waals surface area contributed by atoms with Gasteiger partial charge in [-0.25, -0.2) is 4.98 Å². The number of amides is 1. The summed E-state index contributed by atoms with van der Waals surface area (Å²) < 4.78 is 0.408. The fraction of sp³-hybridized carbons (Fsp3) is 0. The lowest BCUT2D eigenvalue weighted by Gasteiger charge is -2.01. The van der Waals surface area contributed by atoms with Crippen LogP contribution in [0, 0.1) is 4.64 Å². The van der Waals surface area contributed by atoms with Crippen LogP contribution in [-0.2, 0) is 0 Å². The molecule has 0 saturated carbocycles. The summed E-state index contributed by atoms with van der Waals surface area (Å²) in [5, 5.41) is 5.17. The summed E-state index contributed by atoms with van der Waals surface area (Å²) in [7, 11) is 0. The molecule has 3 heterocycles. The third-order valence-corrected chi connectivity index (χ3v) is 3.76. The maximum Gasteiger partial charge on any atom is 0.260 e. The lowest BCUT2D eigenvalue weighted by molar-refractivity contribution is 0.102. The van der Waals surface area contributed by atoms with Crippen LogP contribution in [0.2, 0.25) is 0 Å². The molecule has 0 aliphatic heterocycles. The van der Waals surface area contributed by atoms with Crippen molar-refractivity contribution in [2.24, 2.45) is 0 Å². The van der Waals surface area contributed by atoms with Gasteiger partial charge in [0, 0.05) is 17.8 Å². The Hall–Kier alpha value is -2.25. The molecule has 0 aromatic carbocycles. The summed E-state index contributed by atoms with van der Waals surface area (Å²) in [4.78, 5) is 22.3. The molecule has 0 aliphatic rings. The molecule has 0 unspecified atom stereocenters. The highest BCUT2D eigenvalue weighted by Gasteiger charge is 2.11. The Labute approximate surface area is 123 Å². The van der Waals surface area contributed by atoms with Crippen molar-refractivity contribution in [3.05, 3.63) is 52.2 Å². The molecule has 7 heteroatoms. The van der Waals surface area contributed by atoms with Gasteiger partial charge in [0.1, 0.15) is 4.64 Å². The van der Waals surface area contributed by atoms with Gasteiger partial charge in [0.15, 0.2) is 5.13 Å². The zero-order valence-electron chi connectivity index (χ0n) is 10.2. The van der Waals surface area contributed by atoms with Gasteiger partial charge >= 0.3 is 0 Å². The van der Waals surface area contributed by atoms with Crippen molar-refractivity contribution in [3.8, 4) is 11.4 Å². The van der Waals surface area contributed by atoms with Crippen LogP contribution in [0.1, 0.15) is 10.4 Å². The number of carbonyl (C=O) groups is 1. The first-order valence-electron chi connectivity index (χ1n) is 5.82. The third-order valence-electron chi connectivity index (χ3n) is 2.66. The smallest absolute Gasteiger partial charge is 0.260 e. The van der Waals surface area contributed by atoms with Crippen molar-refractivity contribution in [2.75, 3.05) is 5.32 Å². The van der Waals surface area contributed by atoms with Crippen molar-refractivity contribution in [1.29, 1.82) is 0 Å². The molecule has 3 aromatic heterocycles. The van der Waals surface area contributed by atoms with Gasteiger partial charge in [-0.2, -0.15) is 0 Å². The van der Waals surface area contributed by atoms with E-state index < -0.39 is 0 Å². The molecular formula is C13H10N4OS2. The van der Waals surface area contributed by atoms with Crippen molar-refractivity contribution in [2.45, 2.75) is 0 Å². The summed E-state index contributed by atoms with van der Waals surface area (Å²) in [5.74, 6) is -0.265. The minimum atomic E-state index is -0.265. The third kappa shape index (κ3) is 2.54. The number of hydrogen-bond acceptors (Lipinski definition) is 4. The van der Waals surface area contributed by atoms with Crippen LogP contribution in [0.4, 0.5) is 5.13 Å². The van der Waals surface area contributed by atoms with Gasteiger partial charge in [0.05, 0.1) is 17.0 Å². The first kappa shape index (κ1) is 12.8. The number of nitrogens with zero attached hydrogens (tertiary/aromatic N) is 1. The number of carbonyl (C=O) groups excluding carboxylic acids is 1. The predicted octanol–water partition coefficient (Wildman–Crippen LogP) is 3.45. The molecule has 0 saturated heterocycles. The Morgan fingerprint density at radius 3 is 2.80 bits per heavy atom. The van der Waals surface area contributed by atoms with Crippen molar-refractivity contribution >= 4 is 34.6 Å². The van der Waals surface area contributed by atoms with E-state index in [1.165, 1.54) is 11.3 Å². The second-order valence-electron chi connectivity index (χ2n) is 3.99. The fourth-order valence-electron chi connectivity index (χ4n) is 1.71. The lowest BCUT2D eigenvalue weighted by Crippen LogP contribution is -2.12. The Balaban J connectivity index is 1.81. The maximum absolute atomic E-state index is 12.1. The van der Waals surface area contributed by atoms with Crippen LogP contribution in [0.3, 0.4) is 0 Å². The van der Waals surface area contributed by atoms with Crippen molar-refractivity contribution in [1.82, 2.24) is 15.0 Å². The first-order valence-corrected chi connectivity index (χ1v) is 7.11. The predicted molar refractivity (Wildman–Crippen MR) is 81.5 cm³/mol. The van der Waals surface area contributed by atoms with Gasteiger partial charge in [-0.15, -0.1) is 11.3 Å². The summed E-state index contributed by atoms with van der Waals surface area (Å²) in [6, 6.07) is 7.23. The molecule has 0 spiro atoms. The van der Waals surface area contributed by atoms with E-state index in [0.29, 0.717) is 15.3 Å². The number of pyridine rings is 1. The monoisotopic (exact) mass is 302 g/mol. The molecule has 3 aromatic rings. The van der Waals surface area contributed by atoms with E-state index in [9.17, 15) is 4.79 Å². The number of anilines is 1. The van der Waals surface area contributed by atoms with Crippen LogP contribution in [0.5, 0.6) is 0 Å². The Morgan fingerprint density at radius 1 is 1.25 bits per heavy atom. The molecule has 0 bridgehead atoms. The summed E-state index contributed by atoms with van der Waals surface area (Å²) in [6.45, 7) is 0. The maximum atomic E-state index is 12.1. The van der Waals surface area contributed by atoms with Crippen LogP contribution in [0.15, 0.2) is 42.0 Å². The number of aromatic amines is 2. The van der Waals surface area contributed by atoms with Gasteiger partial charge < -0.3 is 9.97 Å². The number of hydrogen-bond donors (Lipinski definition) is 3. The number of aromatic nitrogens is 3.